The highest BCUT2D eigenvalue weighted by Crippen LogP contribution is 2.29. The van der Waals surface area contributed by atoms with Crippen LogP contribution in [0, 0.1) is 5.92 Å². The number of carbonyl (C=O) groups is 1. The van der Waals surface area contributed by atoms with Crippen molar-refractivity contribution in [1.82, 2.24) is 25.0 Å². The average molecular weight is 394 g/mol. The van der Waals surface area contributed by atoms with E-state index in [1.807, 2.05) is 22.9 Å². The molecule has 1 saturated heterocycles. The summed E-state index contributed by atoms with van der Waals surface area (Å²) in [5, 5.41) is 15.4. The van der Waals surface area contributed by atoms with Crippen LogP contribution in [0.15, 0.2) is 35.1 Å². The quantitative estimate of drug-likeness (QED) is 0.714. The van der Waals surface area contributed by atoms with Gasteiger partial charge in [-0.15, -0.1) is 0 Å². The zero-order valence-corrected chi connectivity index (χ0v) is 16.5. The topological polar surface area (TPSA) is 89.1 Å². The van der Waals surface area contributed by atoms with Crippen molar-refractivity contribution in [3.63, 3.8) is 0 Å². The van der Waals surface area contributed by atoms with E-state index in [4.69, 9.17) is 4.63 Å². The summed E-state index contributed by atoms with van der Waals surface area (Å²) in [6.07, 6.45) is 8.16. The molecule has 8 nitrogen and oxygen atoms in total. The predicted molar refractivity (Wildman–Crippen MR) is 108 cm³/mol. The van der Waals surface area contributed by atoms with E-state index in [2.05, 4.69) is 31.7 Å². The van der Waals surface area contributed by atoms with E-state index in [-0.39, 0.29) is 11.8 Å². The van der Waals surface area contributed by atoms with Crippen molar-refractivity contribution in [3.8, 4) is 0 Å². The summed E-state index contributed by atoms with van der Waals surface area (Å²) in [7, 11) is 0. The molecule has 2 fully saturated rings. The molecule has 0 unspecified atom stereocenters. The van der Waals surface area contributed by atoms with Crippen molar-refractivity contribution < 1.29 is 9.42 Å². The predicted octanol–water partition coefficient (Wildman–Crippen LogP) is 3.39. The Balaban J connectivity index is 1.18. The molecule has 29 heavy (non-hydrogen) atoms. The number of benzene rings is 1. The Morgan fingerprint density at radius 1 is 1.07 bits per heavy atom. The van der Waals surface area contributed by atoms with Crippen LogP contribution in [-0.2, 0) is 11.3 Å². The highest BCUT2D eigenvalue weighted by Gasteiger charge is 2.26. The second-order valence-electron chi connectivity index (χ2n) is 8.23. The van der Waals surface area contributed by atoms with Crippen LogP contribution >= 0.6 is 0 Å². The van der Waals surface area contributed by atoms with Gasteiger partial charge in [0.15, 0.2) is 0 Å². The fourth-order valence-electron chi connectivity index (χ4n) is 4.63. The van der Waals surface area contributed by atoms with E-state index < -0.39 is 0 Å². The van der Waals surface area contributed by atoms with E-state index in [1.165, 1.54) is 5.56 Å². The van der Waals surface area contributed by atoms with Crippen molar-refractivity contribution in [2.45, 2.75) is 51.1 Å². The summed E-state index contributed by atoms with van der Waals surface area (Å²) >= 11 is 0. The summed E-state index contributed by atoms with van der Waals surface area (Å²) in [6.45, 7) is 2.88. The molecule has 3 heterocycles. The zero-order chi connectivity index (χ0) is 19.6. The lowest BCUT2D eigenvalue weighted by molar-refractivity contribution is -0.119. The minimum atomic E-state index is 0.152. The monoisotopic (exact) mass is 394 g/mol. The fourth-order valence-corrected chi connectivity index (χ4v) is 4.63. The maximum absolute atomic E-state index is 12.5. The first-order chi connectivity index (χ1) is 14.3. The van der Waals surface area contributed by atoms with Crippen LogP contribution in [0.5, 0.6) is 0 Å². The van der Waals surface area contributed by atoms with Crippen LogP contribution < -0.4 is 5.32 Å². The Morgan fingerprint density at radius 3 is 2.69 bits per heavy atom. The number of nitrogens with one attached hydrogen (secondary N) is 1. The molecule has 0 atom stereocenters. The lowest BCUT2D eigenvalue weighted by atomic mass is 10.0. The molecule has 1 aliphatic carbocycles. The lowest BCUT2D eigenvalue weighted by Crippen LogP contribution is -2.35. The smallest absolute Gasteiger partial charge is 0.228 e. The second kappa shape index (κ2) is 7.94. The van der Waals surface area contributed by atoms with Gasteiger partial charge < -0.3 is 5.32 Å². The minimum absolute atomic E-state index is 0.152. The van der Waals surface area contributed by atoms with Gasteiger partial charge in [-0.2, -0.15) is 5.10 Å². The Hall–Kier alpha value is -2.74. The van der Waals surface area contributed by atoms with Crippen molar-refractivity contribution in [3.05, 3.63) is 36.0 Å². The highest BCUT2D eigenvalue weighted by atomic mass is 16.6. The minimum Gasteiger partial charge on any atom is -0.311 e. The van der Waals surface area contributed by atoms with Gasteiger partial charge in [-0.05, 0) is 53.7 Å². The van der Waals surface area contributed by atoms with Crippen LogP contribution in [0.3, 0.4) is 0 Å². The Bertz CT molecular complexity index is 982. The SMILES string of the molecule is O=C(Nc1ccnn1C1CCN(Cc2ccc3nonc3c2)CC1)C1CCCC1. The van der Waals surface area contributed by atoms with Crippen LogP contribution in [0.2, 0.25) is 0 Å². The number of rotatable bonds is 5. The molecule has 0 radical (unpaired) electrons. The molecule has 1 N–H and O–H groups in total. The molecule has 2 aromatic heterocycles. The molecular weight excluding hydrogens is 368 g/mol. The van der Waals surface area contributed by atoms with Gasteiger partial charge in [0.2, 0.25) is 5.91 Å². The molecule has 5 rings (SSSR count). The summed E-state index contributed by atoms with van der Waals surface area (Å²) in [5.74, 6) is 1.15. The molecule has 8 heteroatoms. The molecular formula is C21H26N6O2. The fraction of sp³-hybridized carbons (Fsp3) is 0.524. The summed E-state index contributed by atoms with van der Waals surface area (Å²) in [6, 6.07) is 8.32. The van der Waals surface area contributed by atoms with Gasteiger partial charge in [-0.1, -0.05) is 18.9 Å². The first-order valence-corrected chi connectivity index (χ1v) is 10.5. The van der Waals surface area contributed by atoms with Gasteiger partial charge in [0.25, 0.3) is 0 Å². The zero-order valence-electron chi connectivity index (χ0n) is 16.5. The Morgan fingerprint density at radius 2 is 1.86 bits per heavy atom. The number of nitrogens with zero attached hydrogens (tertiary/aromatic N) is 5. The van der Waals surface area contributed by atoms with Crippen molar-refractivity contribution in [1.29, 1.82) is 0 Å². The third-order valence-corrected chi connectivity index (χ3v) is 6.27. The molecule has 1 aromatic carbocycles. The number of hydrogen-bond donors (Lipinski definition) is 1. The van der Waals surface area contributed by atoms with Gasteiger partial charge in [-0.25, -0.2) is 9.31 Å². The van der Waals surface area contributed by atoms with Crippen LogP contribution in [0.4, 0.5) is 5.82 Å². The van der Waals surface area contributed by atoms with Gasteiger partial charge in [0, 0.05) is 31.6 Å². The van der Waals surface area contributed by atoms with E-state index in [0.717, 1.165) is 75.0 Å². The molecule has 0 bridgehead atoms. The molecule has 3 aromatic rings. The molecule has 1 amide bonds. The number of fused-ring (bicyclic) bond motifs is 1. The number of likely N-dealkylation sites (tertiary alicyclic amines) is 1. The number of amides is 1. The summed E-state index contributed by atoms with van der Waals surface area (Å²) in [4.78, 5) is 14.9. The van der Waals surface area contributed by atoms with Gasteiger partial charge in [-0.3, -0.25) is 9.69 Å². The van der Waals surface area contributed by atoms with E-state index in [0.29, 0.717) is 6.04 Å². The maximum Gasteiger partial charge on any atom is 0.228 e. The molecule has 0 spiro atoms. The lowest BCUT2D eigenvalue weighted by Gasteiger charge is -2.32. The first-order valence-electron chi connectivity index (χ1n) is 10.5. The molecule has 1 saturated carbocycles. The molecule has 1 aliphatic heterocycles. The number of hydrogen-bond acceptors (Lipinski definition) is 6. The normalized spacial score (nSPS) is 19.2. The number of aromatic nitrogens is 4. The average Bonchev–Trinajstić information content (AvgIpc) is 3.50. The van der Waals surface area contributed by atoms with Crippen LogP contribution in [0.25, 0.3) is 11.0 Å². The van der Waals surface area contributed by atoms with E-state index in [9.17, 15) is 4.79 Å². The first kappa shape index (κ1) is 18.3. The maximum atomic E-state index is 12.5. The van der Waals surface area contributed by atoms with Crippen LogP contribution in [0.1, 0.15) is 50.1 Å². The number of carbonyl (C=O) groups excluding carboxylic acids is 1. The van der Waals surface area contributed by atoms with Crippen molar-refractivity contribution in [2.24, 2.45) is 5.92 Å². The van der Waals surface area contributed by atoms with Crippen molar-refractivity contribution >= 4 is 22.8 Å². The molecule has 152 valence electrons. The van der Waals surface area contributed by atoms with Gasteiger partial charge in [0.1, 0.15) is 16.9 Å². The summed E-state index contributed by atoms with van der Waals surface area (Å²) in [5.41, 5.74) is 2.81. The number of anilines is 1. The van der Waals surface area contributed by atoms with Crippen molar-refractivity contribution in [2.75, 3.05) is 18.4 Å². The second-order valence-corrected chi connectivity index (χ2v) is 8.23. The van der Waals surface area contributed by atoms with Crippen LogP contribution in [-0.4, -0.2) is 44.0 Å². The van der Waals surface area contributed by atoms with E-state index in [1.54, 1.807) is 6.20 Å². The third kappa shape index (κ3) is 3.89. The molecule has 2 aliphatic rings. The Kier molecular flexibility index (Phi) is 5.01. The summed E-state index contributed by atoms with van der Waals surface area (Å²) < 4.78 is 6.79. The van der Waals surface area contributed by atoms with Gasteiger partial charge in [0.05, 0.1) is 12.2 Å². The van der Waals surface area contributed by atoms with E-state index >= 15 is 0 Å². The number of piperidine rings is 1. The third-order valence-electron chi connectivity index (χ3n) is 6.27. The largest absolute Gasteiger partial charge is 0.311 e. The highest BCUT2D eigenvalue weighted by molar-refractivity contribution is 5.91. The van der Waals surface area contributed by atoms with Gasteiger partial charge >= 0.3 is 0 Å². The standard InChI is InChI=1S/C21H26N6O2/c28-21(16-3-1-2-4-16)23-20-7-10-22-27(20)17-8-11-26(12-9-17)14-15-5-6-18-19(13-15)25-29-24-18/h5-7,10,13,16-17H,1-4,8-9,11-12,14H2,(H,23,28). The Labute approximate surface area is 169 Å².